The molecule has 1 aliphatic heterocycles. The number of hydrogen-bond donors (Lipinski definition) is 2. The Morgan fingerprint density at radius 1 is 1.41 bits per heavy atom. The third-order valence-electron chi connectivity index (χ3n) is 4.47. The summed E-state index contributed by atoms with van der Waals surface area (Å²) >= 11 is 5.35. The third-order valence-corrected chi connectivity index (χ3v) is 4.81. The molecule has 0 saturated carbocycles. The minimum atomic E-state index is -0.806. The van der Waals surface area contributed by atoms with Gasteiger partial charge in [0.05, 0.1) is 12.5 Å². The molecule has 2 unspecified atom stereocenters. The van der Waals surface area contributed by atoms with Crippen molar-refractivity contribution >= 4 is 35.1 Å². The molecule has 1 aromatic carbocycles. The predicted molar refractivity (Wildman–Crippen MR) is 105 cm³/mol. The van der Waals surface area contributed by atoms with Gasteiger partial charge in [-0.1, -0.05) is 25.1 Å². The van der Waals surface area contributed by atoms with E-state index in [0.717, 1.165) is 5.56 Å². The molecule has 2 rings (SSSR count). The van der Waals surface area contributed by atoms with E-state index in [1.54, 1.807) is 24.0 Å². The lowest BCUT2D eigenvalue weighted by Gasteiger charge is -2.36. The van der Waals surface area contributed by atoms with Crippen LogP contribution >= 0.6 is 12.2 Å². The molecule has 2 atom stereocenters. The lowest BCUT2D eigenvalue weighted by Crippen LogP contribution is -2.60. The molecule has 1 heterocycles. The summed E-state index contributed by atoms with van der Waals surface area (Å²) in [7, 11) is 0. The van der Waals surface area contributed by atoms with E-state index in [-0.39, 0.29) is 29.5 Å². The minimum absolute atomic E-state index is 0.124. The molecule has 0 spiro atoms. The van der Waals surface area contributed by atoms with Crippen LogP contribution in [0.4, 0.5) is 0 Å². The highest BCUT2D eigenvalue weighted by Crippen LogP contribution is 2.13. The standard InChI is InChI=1S/C19H25N3O4S/c1-4-13(3)26-16(23)11-15-18(25)20-9-10-22(15)19(27)21-17(24)14-8-6-5-7-12(14)2/h5-8,13,15H,4,9-11H2,1-3H3,(H,20,25)(H,21,24,27). The lowest BCUT2D eigenvalue weighted by atomic mass is 10.1. The first-order valence-corrected chi connectivity index (χ1v) is 9.39. The zero-order chi connectivity index (χ0) is 20.0. The van der Waals surface area contributed by atoms with Crippen LogP contribution in [0, 0.1) is 6.92 Å². The fourth-order valence-corrected chi connectivity index (χ4v) is 3.05. The van der Waals surface area contributed by atoms with Crippen molar-refractivity contribution in [2.75, 3.05) is 13.1 Å². The Morgan fingerprint density at radius 3 is 2.78 bits per heavy atom. The first kappa shape index (κ1) is 20.8. The number of nitrogens with zero attached hydrogens (tertiary/aromatic N) is 1. The molecule has 2 N–H and O–H groups in total. The van der Waals surface area contributed by atoms with E-state index in [1.165, 1.54) is 0 Å². The number of benzene rings is 1. The largest absolute Gasteiger partial charge is 0.463 e. The highest BCUT2D eigenvalue weighted by Gasteiger charge is 2.34. The molecule has 146 valence electrons. The number of carbonyl (C=O) groups excluding carboxylic acids is 3. The van der Waals surface area contributed by atoms with Crippen molar-refractivity contribution in [3.63, 3.8) is 0 Å². The molecule has 1 aliphatic rings. The Labute approximate surface area is 164 Å². The van der Waals surface area contributed by atoms with Gasteiger partial charge in [0.1, 0.15) is 6.04 Å². The van der Waals surface area contributed by atoms with E-state index in [4.69, 9.17) is 17.0 Å². The van der Waals surface area contributed by atoms with Gasteiger partial charge < -0.3 is 15.0 Å². The van der Waals surface area contributed by atoms with Crippen LogP contribution in [-0.2, 0) is 14.3 Å². The molecular weight excluding hydrogens is 366 g/mol. The van der Waals surface area contributed by atoms with Crippen LogP contribution in [0.5, 0.6) is 0 Å². The van der Waals surface area contributed by atoms with Crippen LogP contribution in [0.2, 0.25) is 0 Å². The van der Waals surface area contributed by atoms with Crippen molar-refractivity contribution in [1.29, 1.82) is 0 Å². The number of thiocarbonyl (C=S) groups is 1. The molecular formula is C19H25N3O4S. The van der Waals surface area contributed by atoms with Crippen molar-refractivity contribution in [1.82, 2.24) is 15.5 Å². The maximum absolute atomic E-state index is 12.5. The highest BCUT2D eigenvalue weighted by molar-refractivity contribution is 7.80. The topological polar surface area (TPSA) is 87.7 Å². The van der Waals surface area contributed by atoms with Crippen LogP contribution in [0.25, 0.3) is 0 Å². The Hall–Kier alpha value is -2.48. The second-order valence-corrected chi connectivity index (χ2v) is 6.87. The number of nitrogens with one attached hydrogen (secondary N) is 2. The smallest absolute Gasteiger partial charge is 0.308 e. The first-order valence-electron chi connectivity index (χ1n) is 8.98. The molecule has 27 heavy (non-hydrogen) atoms. The maximum Gasteiger partial charge on any atom is 0.308 e. The summed E-state index contributed by atoms with van der Waals surface area (Å²) in [6.45, 7) is 6.33. The quantitative estimate of drug-likeness (QED) is 0.585. The first-order chi connectivity index (χ1) is 12.8. The van der Waals surface area contributed by atoms with Crippen LogP contribution in [-0.4, -0.2) is 53.0 Å². The van der Waals surface area contributed by atoms with Gasteiger partial charge in [0.25, 0.3) is 5.91 Å². The van der Waals surface area contributed by atoms with E-state index in [1.807, 2.05) is 26.0 Å². The van der Waals surface area contributed by atoms with Gasteiger partial charge in [-0.05, 0) is 44.1 Å². The molecule has 1 aromatic rings. The molecule has 1 saturated heterocycles. The normalized spacial score (nSPS) is 17.7. The average Bonchev–Trinajstić information content (AvgIpc) is 2.63. The predicted octanol–water partition coefficient (Wildman–Crippen LogP) is 1.54. The number of aryl methyl sites for hydroxylation is 1. The lowest BCUT2D eigenvalue weighted by molar-refractivity contribution is -0.151. The van der Waals surface area contributed by atoms with Crippen molar-refractivity contribution in [2.45, 2.75) is 45.8 Å². The summed E-state index contributed by atoms with van der Waals surface area (Å²) in [5.41, 5.74) is 1.33. The number of rotatable bonds is 5. The average molecular weight is 391 g/mol. The third kappa shape index (κ3) is 5.50. The van der Waals surface area contributed by atoms with Gasteiger partial charge in [0.2, 0.25) is 5.91 Å². The van der Waals surface area contributed by atoms with Gasteiger partial charge in [-0.2, -0.15) is 0 Å². The van der Waals surface area contributed by atoms with Crippen molar-refractivity contribution in [3.8, 4) is 0 Å². The van der Waals surface area contributed by atoms with Crippen LogP contribution in [0.1, 0.15) is 42.6 Å². The van der Waals surface area contributed by atoms with Crippen molar-refractivity contribution in [2.24, 2.45) is 0 Å². The van der Waals surface area contributed by atoms with E-state index in [0.29, 0.717) is 25.1 Å². The van der Waals surface area contributed by atoms with Gasteiger partial charge >= 0.3 is 5.97 Å². The Kier molecular flexibility index (Phi) is 7.29. The zero-order valence-electron chi connectivity index (χ0n) is 15.8. The van der Waals surface area contributed by atoms with Gasteiger partial charge in [-0.15, -0.1) is 0 Å². The summed E-state index contributed by atoms with van der Waals surface area (Å²) in [6, 6.07) is 6.35. The van der Waals surface area contributed by atoms with E-state index >= 15 is 0 Å². The summed E-state index contributed by atoms with van der Waals surface area (Å²) in [5.74, 6) is -1.12. The summed E-state index contributed by atoms with van der Waals surface area (Å²) in [5, 5.41) is 5.52. The fourth-order valence-electron chi connectivity index (χ4n) is 2.74. The van der Waals surface area contributed by atoms with Gasteiger partial charge in [-0.25, -0.2) is 0 Å². The second kappa shape index (κ2) is 9.45. The number of esters is 1. The Morgan fingerprint density at radius 2 is 2.11 bits per heavy atom. The van der Waals surface area contributed by atoms with E-state index < -0.39 is 12.0 Å². The molecule has 1 fully saturated rings. The molecule has 8 heteroatoms. The number of piperazine rings is 1. The number of ether oxygens (including phenoxy) is 1. The monoisotopic (exact) mass is 391 g/mol. The molecule has 0 bridgehead atoms. The van der Waals surface area contributed by atoms with E-state index in [2.05, 4.69) is 10.6 Å². The van der Waals surface area contributed by atoms with Gasteiger partial charge in [-0.3, -0.25) is 19.7 Å². The maximum atomic E-state index is 12.5. The molecule has 0 radical (unpaired) electrons. The van der Waals surface area contributed by atoms with Crippen molar-refractivity contribution < 1.29 is 19.1 Å². The summed E-state index contributed by atoms with van der Waals surface area (Å²) in [6.07, 6.45) is 0.346. The molecule has 7 nitrogen and oxygen atoms in total. The van der Waals surface area contributed by atoms with Crippen LogP contribution in [0.3, 0.4) is 0 Å². The minimum Gasteiger partial charge on any atom is -0.463 e. The molecule has 2 amide bonds. The Balaban J connectivity index is 2.07. The Bertz CT molecular complexity index is 737. The fraction of sp³-hybridized carbons (Fsp3) is 0.474. The molecule has 0 aromatic heterocycles. The summed E-state index contributed by atoms with van der Waals surface area (Å²) < 4.78 is 5.27. The van der Waals surface area contributed by atoms with Crippen LogP contribution in [0.15, 0.2) is 24.3 Å². The SMILES string of the molecule is CCC(C)OC(=O)CC1C(=O)NCCN1C(=S)NC(=O)c1ccccc1C. The highest BCUT2D eigenvalue weighted by atomic mass is 32.1. The van der Waals surface area contributed by atoms with Gasteiger partial charge in [0.15, 0.2) is 5.11 Å². The second-order valence-electron chi connectivity index (χ2n) is 6.49. The zero-order valence-corrected chi connectivity index (χ0v) is 16.6. The number of amides is 2. The molecule has 0 aliphatic carbocycles. The summed E-state index contributed by atoms with van der Waals surface area (Å²) in [4.78, 5) is 38.5. The van der Waals surface area contributed by atoms with Gasteiger partial charge in [0, 0.05) is 18.7 Å². The number of hydrogen-bond acceptors (Lipinski definition) is 5. The van der Waals surface area contributed by atoms with Crippen molar-refractivity contribution in [3.05, 3.63) is 35.4 Å². The van der Waals surface area contributed by atoms with Crippen LogP contribution < -0.4 is 10.6 Å². The number of carbonyl (C=O) groups is 3. The van der Waals surface area contributed by atoms with E-state index in [9.17, 15) is 14.4 Å².